The van der Waals surface area contributed by atoms with Gasteiger partial charge in [-0.05, 0) is 31.3 Å². The Kier molecular flexibility index (Phi) is 7.39. The van der Waals surface area contributed by atoms with Crippen LogP contribution in [-0.4, -0.2) is 34.9 Å². The van der Waals surface area contributed by atoms with E-state index < -0.39 is 22.7 Å². The summed E-state index contributed by atoms with van der Waals surface area (Å²) in [6, 6.07) is 4.87. The summed E-state index contributed by atoms with van der Waals surface area (Å²) < 4.78 is 22.0. The van der Waals surface area contributed by atoms with Gasteiger partial charge in [0.25, 0.3) is 0 Å². The summed E-state index contributed by atoms with van der Waals surface area (Å²) in [6.07, 6.45) is -0.681. The van der Waals surface area contributed by atoms with E-state index in [-0.39, 0.29) is 5.11 Å². The van der Waals surface area contributed by atoms with Crippen LogP contribution in [-0.2, 0) is 20.6 Å². The molecule has 4 N–H and O–H groups in total. The van der Waals surface area contributed by atoms with Gasteiger partial charge in [0.05, 0.1) is 18.5 Å². The number of methoxy groups -OCH3 is 1. The van der Waals surface area contributed by atoms with Gasteiger partial charge in [0, 0.05) is 30.8 Å². The highest BCUT2D eigenvalue weighted by atomic mass is 32.2. The molecule has 1 rings (SSSR count). The number of hydrogen-bond acceptors (Lipinski definition) is 6. The second-order valence-corrected chi connectivity index (χ2v) is 6.28. The van der Waals surface area contributed by atoms with Crippen molar-refractivity contribution >= 4 is 46.0 Å². The van der Waals surface area contributed by atoms with Crippen LogP contribution in [0.25, 0.3) is 0 Å². The Balaban J connectivity index is 2.77. The van der Waals surface area contributed by atoms with Gasteiger partial charge in [0.15, 0.2) is 10.0 Å². The second-order valence-electron chi connectivity index (χ2n) is 4.14. The fraction of sp³-hybridized carbons (Fsp3) is 0.385. The van der Waals surface area contributed by atoms with Crippen LogP contribution in [0.3, 0.4) is 0 Å². The Hall–Kier alpha value is -1.55. The lowest BCUT2D eigenvalue weighted by molar-refractivity contribution is 0.129. The number of nitrogens with two attached hydrogens (primary N) is 1. The molecule has 0 aliphatic rings. The molecule has 0 radical (unpaired) electrons. The molecule has 0 saturated carbocycles. The predicted molar refractivity (Wildman–Crippen MR) is 90.1 cm³/mol. The van der Waals surface area contributed by atoms with Crippen molar-refractivity contribution in [3.63, 3.8) is 0 Å². The molecule has 0 aliphatic heterocycles. The standard InChI is InChI=1S/C13H19N3O4S2/c1-4-20-8(2)22(18)9-5-6-11(10(14)7-9)15-12(21)16-13(17)19-3/h5-8H,4,14H2,1-3H3,(H2,15,16,17,21). The SMILES string of the molecule is CCOC(C)[S+]([O-])c1ccc(NC(=S)NC(=O)OC)c(N)c1. The van der Waals surface area contributed by atoms with Gasteiger partial charge in [0.2, 0.25) is 5.44 Å². The molecule has 0 heterocycles. The number of anilines is 2. The van der Waals surface area contributed by atoms with E-state index >= 15 is 0 Å². The van der Waals surface area contributed by atoms with Crippen molar-refractivity contribution in [1.29, 1.82) is 0 Å². The number of carbonyl (C=O) groups is 1. The number of ether oxygens (including phenoxy) is 2. The summed E-state index contributed by atoms with van der Waals surface area (Å²) in [4.78, 5) is 11.6. The number of carbonyl (C=O) groups excluding carboxylic acids is 1. The lowest BCUT2D eigenvalue weighted by Gasteiger charge is -2.18. The molecule has 0 fully saturated rings. The Labute approximate surface area is 137 Å². The number of alkyl carbamates (subject to hydrolysis) is 1. The lowest BCUT2D eigenvalue weighted by Crippen LogP contribution is -2.34. The van der Waals surface area contributed by atoms with E-state index in [0.717, 1.165) is 0 Å². The van der Waals surface area contributed by atoms with Crippen LogP contribution >= 0.6 is 12.2 Å². The van der Waals surface area contributed by atoms with Crippen LogP contribution < -0.4 is 16.4 Å². The number of hydrogen-bond donors (Lipinski definition) is 3. The number of rotatable bonds is 5. The minimum Gasteiger partial charge on any atom is -0.609 e. The first kappa shape index (κ1) is 18.5. The summed E-state index contributed by atoms with van der Waals surface area (Å²) in [7, 11) is 1.23. The van der Waals surface area contributed by atoms with Crippen molar-refractivity contribution in [3.8, 4) is 0 Å². The first-order valence-corrected chi connectivity index (χ1v) is 8.08. The van der Waals surface area contributed by atoms with E-state index in [1.807, 2.05) is 6.92 Å². The second kappa shape index (κ2) is 8.79. The van der Waals surface area contributed by atoms with E-state index in [2.05, 4.69) is 15.4 Å². The number of thiocarbonyl (C=S) groups is 1. The van der Waals surface area contributed by atoms with Crippen LogP contribution in [0, 0.1) is 0 Å². The van der Waals surface area contributed by atoms with Crippen LogP contribution in [0.15, 0.2) is 23.1 Å². The van der Waals surface area contributed by atoms with E-state index in [0.29, 0.717) is 22.9 Å². The Morgan fingerprint density at radius 1 is 1.55 bits per heavy atom. The van der Waals surface area contributed by atoms with Gasteiger partial charge in [-0.25, -0.2) is 4.79 Å². The minimum absolute atomic E-state index is 0.0510. The lowest BCUT2D eigenvalue weighted by atomic mass is 10.3. The molecule has 2 atom stereocenters. The summed E-state index contributed by atoms with van der Waals surface area (Å²) in [5.74, 6) is 0. The van der Waals surface area contributed by atoms with E-state index in [1.165, 1.54) is 7.11 Å². The van der Waals surface area contributed by atoms with Crippen molar-refractivity contribution in [3.05, 3.63) is 18.2 Å². The molecule has 9 heteroatoms. The van der Waals surface area contributed by atoms with Crippen LogP contribution in [0.5, 0.6) is 0 Å². The van der Waals surface area contributed by atoms with Crippen LogP contribution in [0.2, 0.25) is 0 Å². The maximum Gasteiger partial charge on any atom is 0.413 e. The fourth-order valence-electron chi connectivity index (χ4n) is 1.57. The molecule has 2 unspecified atom stereocenters. The third-order valence-electron chi connectivity index (χ3n) is 2.61. The topological polar surface area (TPSA) is 109 Å². The summed E-state index contributed by atoms with van der Waals surface area (Å²) in [5.41, 5.74) is 6.32. The summed E-state index contributed by atoms with van der Waals surface area (Å²) in [5, 5.41) is 5.11. The zero-order valence-electron chi connectivity index (χ0n) is 12.5. The highest BCUT2D eigenvalue weighted by molar-refractivity contribution is 7.91. The van der Waals surface area contributed by atoms with Gasteiger partial charge in [-0.1, -0.05) is 0 Å². The van der Waals surface area contributed by atoms with Crippen molar-refractivity contribution in [2.75, 3.05) is 24.8 Å². The van der Waals surface area contributed by atoms with Crippen molar-refractivity contribution in [1.82, 2.24) is 5.32 Å². The van der Waals surface area contributed by atoms with Gasteiger partial charge >= 0.3 is 6.09 Å². The number of benzene rings is 1. The molecule has 0 saturated heterocycles. The fourth-order valence-corrected chi connectivity index (χ4v) is 2.85. The quantitative estimate of drug-likeness (QED) is 0.424. The average molecular weight is 345 g/mol. The molecule has 0 bridgehead atoms. The average Bonchev–Trinajstić information content (AvgIpc) is 2.48. The molecular formula is C13H19N3O4S2. The van der Waals surface area contributed by atoms with E-state index in [4.69, 9.17) is 22.7 Å². The van der Waals surface area contributed by atoms with Gasteiger partial charge < -0.3 is 25.1 Å². The molecule has 7 nitrogen and oxygen atoms in total. The number of nitrogen functional groups attached to an aromatic ring is 1. The minimum atomic E-state index is -1.32. The third kappa shape index (κ3) is 5.34. The third-order valence-corrected chi connectivity index (χ3v) is 4.27. The summed E-state index contributed by atoms with van der Waals surface area (Å²) in [6.45, 7) is 4.05. The van der Waals surface area contributed by atoms with Crippen LogP contribution in [0.4, 0.5) is 16.2 Å². The van der Waals surface area contributed by atoms with Crippen LogP contribution in [0.1, 0.15) is 13.8 Å². The van der Waals surface area contributed by atoms with Gasteiger partial charge in [-0.3, -0.25) is 5.32 Å². The number of nitrogens with one attached hydrogen (secondary N) is 2. The maximum absolute atomic E-state index is 12.2. The zero-order valence-corrected chi connectivity index (χ0v) is 14.2. The molecule has 1 amide bonds. The molecular weight excluding hydrogens is 326 g/mol. The molecule has 1 aromatic rings. The first-order chi connectivity index (χ1) is 10.4. The normalized spacial score (nSPS) is 13.1. The largest absolute Gasteiger partial charge is 0.609 e. The Morgan fingerprint density at radius 2 is 2.23 bits per heavy atom. The van der Waals surface area contributed by atoms with Crippen molar-refractivity contribution < 1.29 is 18.8 Å². The maximum atomic E-state index is 12.2. The summed E-state index contributed by atoms with van der Waals surface area (Å²) >= 11 is 3.62. The number of amides is 1. The molecule has 0 aliphatic carbocycles. The van der Waals surface area contributed by atoms with Gasteiger partial charge in [-0.2, -0.15) is 0 Å². The van der Waals surface area contributed by atoms with E-state index in [9.17, 15) is 9.35 Å². The van der Waals surface area contributed by atoms with E-state index in [1.54, 1.807) is 25.1 Å². The van der Waals surface area contributed by atoms with Gasteiger partial charge in [-0.15, -0.1) is 0 Å². The molecule has 0 aromatic heterocycles. The van der Waals surface area contributed by atoms with Gasteiger partial charge in [0.1, 0.15) is 0 Å². The first-order valence-electron chi connectivity index (χ1n) is 6.46. The Bertz CT molecular complexity index is 542. The molecule has 22 heavy (non-hydrogen) atoms. The predicted octanol–water partition coefficient (Wildman–Crippen LogP) is 1.81. The van der Waals surface area contributed by atoms with Crippen molar-refractivity contribution in [2.24, 2.45) is 0 Å². The van der Waals surface area contributed by atoms with Crippen molar-refractivity contribution in [2.45, 2.75) is 24.2 Å². The highest BCUT2D eigenvalue weighted by Crippen LogP contribution is 2.25. The Morgan fingerprint density at radius 3 is 2.77 bits per heavy atom. The highest BCUT2D eigenvalue weighted by Gasteiger charge is 2.21. The zero-order chi connectivity index (χ0) is 16.7. The molecule has 122 valence electrons. The monoisotopic (exact) mass is 345 g/mol. The molecule has 0 spiro atoms. The smallest absolute Gasteiger partial charge is 0.413 e. The molecule has 1 aromatic carbocycles.